The molecule has 0 radical (unpaired) electrons. The van der Waals surface area contributed by atoms with Gasteiger partial charge in [-0.1, -0.05) is 24.6 Å². The Balaban J connectivity index is 1.69. The van der Waals surface area contributed by atoms with E-state index in [1.165, 1.54) is 24.5 Å². The first-order valence-corrected chi connectivity index (χ1v) is 8.68. The molecule has 0 atom stereocenters. The Morgan fingerprint density at radius 1 is 1.08 bits per heavy atom. The van der Waals surface area contributed by atoms with E-state index in [1.807, 2.05) is 6.07 Å². The highest BCUT2D eigenvalue weighted by molar-refractivity contribution is 5.63. The van der Waals surface area contributed by atoms with E-state index in [2.05, 4.69) is 9.97 Å². The molecule has 0 bridgehead atoms. The zero-order valence-electron chi connectivity index (χ0n) is 14.2. The zero-order chi connectivity index (χ0) is 17.9. The molecule has 1 heterocycles. The van der Waals surface area contributed by atoms with Crippen molar-refractivity contribution in [2.45, 2.75) is 31.8 Å². The van der Waals surface area contributed by atoms with Gasteiger partial charge in [-0.2, -0.15) is 0 Å². The van der Waals surface area contributed by atoms with Crippen LogP contribution in [0.3, 0.4) is 0 Å². The number of benzene rings is 2. The van der Waals surface area contributed by atoms with E-state index < -0.39 is 5.82 Å². The molecule has 5 heteroatoms. The van der Waals surface area contributed by atoms with Gasteiger partial charge < -0.3 is 4.74 Å². The molecule has 0 spiro atoms. The van der Waals surface area contributed by atoms with Gasteiger partial charge in [0.15, 0.2) is 11.6 Å². The van der Waals surface area contributed by atoms with Crippen LogP contribution in [0.15, 0.2) is 55.0 Å². The van der Waals surface area contributed by atoms with Crippen LogP contribution in [0.2, 0.25) is 0 Å². The molecule has 26 heavy (non-hydrogen) atoms. The quantitative estimate of drug-likeness (QED) is 0.627. The lowest BCUT2D eigenvalue weighted by molar-refractivity contribution is 0.278. The summed E-state index contributed by atoms with van der Waals surface area (Å²) in [4.78, 5) is 8.19. The van der Waals surface area contributed by atoms with Gasteiger partial charge in [-0.05, 0) is 42.5 Å². The summed E-state index contributed by atoms with van der Waals surface area (Å²) >= 11 is 0. The summed E-state index contributed by atoms with van der Waals surface area (Å²) in [7, 11) is 0. The number of hydrogen-bond donors (Lipinski definition) is 0. The molecule has 0 unspecified atom stereocenters. The Labute approximate surface area is 150 Å². The van der Waals surface area contributed by atoms with Crippen LogP contribution >= 0.6 is 0 Å². The van der Waals surface area contributed by atoms with Crippen molar-refractivity contribution >= 4 is 0 Å². The maximum atomic E-state index is 15.3. The van der Waals surface area contributed by atoms with Crippen molar-refractivity contribution in [2.24, 2.45) is 0 Å². The third-order valence-corrected chi connectivity index (χ3v) is 4.78. The Kier molecular flexibility index (Phi) is 4.61. The van der Waals surface area contributed by atoms with Gasteiger partial charge >= 0.3 is 0 Å². The van der Waals surface area contributed by atoms with E-state index >= 15 is 4.39 Å². The SMILES string of the molecule is Fc1cccc(COc2c(C3CCC3)ccc(-c3cnccn3)c2F)c1. The highest BCUT2D eigenvalue weighted by atomic mass is 19.1. The van der Waals surface area contributed by atoms with Crippen LogP contribution in [0.5, 0.6) is 5.75 Å². The third kappa shape index (κ3) is 3.29. The number of nitrogens with zero attached hydrogens (tertiary/aromatic N) is 2. The summed E-state index contributed by atoms with van der Waals surface area (Å²) < 4.78 is 34.5. The number of rotatable bonds is 5. The van der Waals surface area contributed by atoms with Gasteiger partial charge in [0.25, 0.3) is 0 Å². The van der Waals surface area contributed by atoms with E-state index in [0.717, 1.165) is 24.8 Å². The first-order chi connectivity index (χ1) is 12.7. The minimum atomic E-state index is -0.439. The van der Waals surface area contributed by atoms with Crippen molar-refractivity contribution in [3.63, 3.8) is 0 Å². The largest absolute Gasteiger partial charge is 0.486 e. The highest BCUT2D eigenvalue weighted by Crippen LogP contribution is 2.43. The smallest absolute Gasteiger partial charge is 0.174 e. The monoisotopic (exact) mass is 352 g/mol. The fourth-order valence-electron chi connectivity index (χ4n) is 3.18. The van der Waals surface area contributed by atoms with E-state index in [9.17, 15) is 4.39 Å². The second kappa shape index (κ2) is 7.20. The Morgan fingerprint density at radius 2 is 1.96 bits per heavy atom. The molecule has 0 amide bonds. The van der Waals surface area contributed by atoms with Gasteiger partial charge in [0.2, 0.25) is 0 Å². The van der Waals surface area contributed by atoms with Crippen molar-refractivity contribution in [3.8, 4) is 17.0 Å². The van der Waals surface area contributed by atoms with Crippen LogP contribution in [-0.4, -0.2) is 9.97 Å². The first-order valence-electron chi connectivity index (χ1n) is 8.68. The second-order valence-electron chi connectivity index (χ2n) is 6.48. The average Bonchev–Trinajstić information content (AvgIpc) is 2.61. The predicted molar refractivity (Wildman–Crippen MR) is 94.8 cm³/mol. The van der Waals surface area contributed by atoms with Crippen LogP contribution in [0.1, 0.15) is 36.3 Å². The lowest BCUT2D eigenvalue weighted by atomic mass is 9.79. The molecule has 0 N–H and O–H groups in total. The summed E-state index contributed by atoms with van der Waals surface area (Å²) in [6, 6.07) is 9.80. The van der Waals surface area contributed by atoms with Gasteiger partial charge in [-0.25, -0.2) is 8.78 Å². The molecule has 0 saturated heterocycles. The summed E-state index contributed by atoms with van der Waals surface area (Å²) in [5.41, 5.74) is 2.35. The summed E-state index contributed by atoms with van der Waals surface area (Å²) in [5, 5.41) is 0. The van der Waals surface area contributed by atoms with Crippen molar-refractivity contribution in [1.82, 2.24) is 9.97 Å². The maximum absolute atomic E-state index is 15.3. The topological polar surface area (TPSA) is 35.0 Å². The normalized spacial score (nSPS) is 14.1. The Hall–Kier alpha value is -2.82. The van der Waals surface area contributed by atoms with Crippen LogP contribution in [0, 0.1) is 11.6 Å². The van der Waals surface area contributed by atoms with Gasteiger partial charge in [0.05, 0.1) is 11.9 Å². The summed E-state index contributed by atoms with van der Waals surface area (Å²) in [6.45, 7) is 0.109. The minimum absolute atomic E-state index is 0.109. The lowest BCUT2D eigenvalue weighted by Crippen LogP contribution is -2.12. The molecule has 4 rings (SSSR count). The zero-order valence-corrected chi connectivity index (χ0v) is 14.2. The van der Waals surface area contributed by atoms with Crippen molar-refractivity contribution < 1.29 is 13.5 Å². The van der Waals surface area contributed by atoms with Gasteiger partial charge in [-0.3, -0.25) is 9.97 Å². The molecule has 1 saturated carbocycles. The summed E-state index contributed by atoms with van der Waals surface area (Å²) in [6.07, 6.45) is 7.80. The molecular weight excluding hydrogens is 334 g/mol. The molecule has 1 aliphatic carbocycles. The van der Waals surface area contributed by atoms with Gasteiger partial charge in [-0.15, -0.1) is 0 Å². The molecular formula is C21H18F2N2O. The van der Waals surface area contributed by atoms with Gasteiger partial charge in [0, 0.05) is 23.5 Å². The van der Waals surface area contributed by atoms with Crippen LogP contribution in [0.25, 0.3) is 11.3 Å². The number of ether oxygens (including phenoxy) is 1. The van der Waals surface area contributed by atoms with Crippen LogP contribution in [-0.2, 0) is 6.61 Å². The van der Waals surface area contributed by atoms with Crippen LogP contribution < -0.4 is 4.74 Å². The van der Waals surface area contributed by atoms with E-state index in [4.69, 9.17) is 4.74 Å². The van der Waals surface area contributed by atoms with E-state index in [-0.39, 0.29) is 18.2 Å². The fraction of sp³-hybridized carbons (Fsp3) is 0.238. The van der Waals surface area contributed by atoms with E-state index in [0.29, 0.717) is 22.7 Å². The van der Waals surface area contributed by atoms with Gasteiger partial charge in [0.1, 0.15) is 12.4 Å². The fourth-order valence-corrected chi connectivity index (χ4v) is 3.18. The summed E-state index contributed by atoms with van der Waals surface area (Å²) in [5.74, 6) is -0.226. The standard InChI is InChI=1S/C21H18F2N2O/c22-16-6-1-3-14(11-16)13-26-21-17(15-4-2-5-15)7-8-18(20(21)23)19-12-24-9-10-25-19/h1,3,6-12,15H,2,4-5,13H2. The molecule has 3 aromatic rings. The second-order valence-corrected chi connectivity index (χ2v) is 6.48. The molecule has 132 valence electrons. The predicted octanol–water partition coefficient (Wildman–Crippen LogP) is 5.27. The number of halogens is 2. The van der Waals surface area contributed by atoms with Crippen molar-refractivity contribution in [1.29, 1.82) is 0 Å². The molecule has 2 aromatic carbocycles. The average molecular weight is 352 g/mol. The van der Waals surface area contributed by atoms with Crippen LogP contribution in [0.4, 0.5) is 8.78 Å². The first kappa shape index (κ1) is 16.6. The molecule has 1 fully saturated rings. The minimum Gasteiger partial charge on any atom is -0.486 e. The third-order valence-electron chi connectivity index (χ3n) is 4.78. The lowest BCUT2D eigenvalue weighted by Gasteiger charge is -2.28. The molecule has 3 nitrogen and oxygen atoms in total. The number of aromatic nitrogens is 2. The molecule has 1 aliphatic rings. The van der Waals surface area contributed by atoms with E-state index in [1.54, 1.807) is 24.4 Å². The Bertz CT molecular complexity index is 911. The van der Waals surface area contributed by atoms with Crippen molar-refractivity contribution in [2.75, 3.05) is 0 Å². The van der Waals surface area contributed by atoms with Crippen molar-refractivity contribution in [3.05, 3.63) is 77.8 Å². The highest BCUT2D eigenvalue weighted by Gasteiger charge is 2.26. The number of hydrogen-bond acceptors (Lipinski definition) is 3. The molecule has 0 aliphatic heterocycles. The molecule has 1 aromatic heterocycles. The maximum Gasteiger partial charge on any atom is 0.174 e. The Morgan fingerprint density at radius 3 is 2.65 bits per heavy atom.